The van der Waals surface area contributed by atoms with Crippen molar-refractivity contribution in [2.24, 2.45) is 0 Å². The van der Waals surface area contributed by atoms with Gasteiger partial charge in [0.2, 0.25) is 5.91 Å². The van der Waals surface area contributed by atoms with Crippen LogP contribution in [0.3, 0.4) is 0 Å². The van der Waals surface area contributed by atoms with E-state index in [1.807, 2.05) is 24.3 Å². The molecule has 1 aliphatic heterocycles. The Balaban J connectivity index is 1.88. The minimum absolute atomic E-state index is 0.0308. The van der Waals surface area contributed by atoms with Crippen molar-refractivity contribution in [2.75, 3.05) is 26.2 Å². The van der Waals surface area contributed by atoms with Crippen LogP contribution in [0.4, 0.5) is 0 Å². The van der Waals surface area contributed by atoms with Crippen molar-refractivity contribution in [1.29, 1.82) is 0 Å². The maximum Gasteiger partial charge on any atom is 0.263 e. The topological polar surface area (TPSA) is 49.9 Å². The van der Waals surface area contributed by atoms with Crippen LogP contribution in [-0.2, 0) is 9.59 Å². The van der Waals surface area contributed by atoms with Gasteiger partial charge in [0.15, 0.2) is 6.10 Å². The average Bonchev–Trinajstić information content (AvgIpc) is 2.49. The van der Waals surface area contributed by atoms with E-state index in [9.17, 15) is 9.59 Å². The van der Waals surface area contributed by atoms with Gasteiger partial charge in [-0.1, -0.05) is 0 Å². The molecule has 0 bridgehead atoms. The van der Waals surface area contributed by atoms with E-state index in [-0.39, 0.29) is 11.8 Å². The standard InChI is InChI=1S/C15H19IN2O3/c1-11(21-14-5-3-13(16)4-6-14)15(20)18-9-7-17(8-10-18)12(2)19/h3-6,11H,7-10H2,1-2H3/t11-/m0/s1. The lowest BCUT2D eigenvalue weighted by Crippen LogP contribution is -2.52. The molecule has 6 heteroatoms. The minimum atomic E-state index is -0.520. The number of benzene rings is 1. The number of amides is 2. The molecule has 1 aromatic carbocycles. The predicted molar refractivity (Wildman–Crippen MR) is 88.1 cm³/mol. The minimum Gasteiger partial charge on any atom is -0.481 e. The number of ether oxygens (including phenoxy) is 1. The molecule has 0 saturated carbocycles. The molecule has 1 atom stereocenters. The second-order valence-corrected chi connectivity index (χ2v) is 6.29. The van der Waals surface area contributed by atoms with Crippen LogP contribution in [0.5, 0.6) is 5.75 Å². The van der Waals surface area contributed by atoms with E-state index < -0.39 is 6.10 Å². The van der Waals surface area contributed by atoms with Crippen LogP contribution >= 0.6 is 22.6 Å². The molecule has 1 aliphatic rings. The molecule has 1 fully saturated rings. The summed E-state index contributed by atoms with van der Waals surface area (Å²) in [6, 6.07) is 7.61. The van der Waals surface area contributed by atoms with Crippen LogP contribution in [0.15, 0.2) is 24.3 Å². The zero-order valence-electron chi connectivity index (χ0n) is 12.2. The largest absolute Gasteiger partial charge is 0.481 e. The maximum atomic E-state index is 12.3. The highest BCUT2D eigenvalue weighted by molar-refractivity contribution is 14.1. The zero-order chi connectivity index (χ0) is 15.4. The molecule has 0 radical (unpaired) electrons. The van der Waals surface area contributed by atoms with E-state index in [0.717, 1.165) is 3.57 Å². The van der Waals surface area contributed by atoms with Crippen molar-refractivity contribution >= 4 is 34.4 Å². The summed E-state index contributed by atoms with van der Waals surface area (Å²) in [6.07, 6.45) is -0.520. The van der Waals surface area contributed by atoms with Crippen LogP contribution in [0.1, 0.15) is 13.8 Å². The third kappa shape index (κ3) is 4.33. The van der Waals surface area contributed by atoms with Crippen LogP contribution in [0.25, 0.3) is 0 Å². The summed E-state index contributed by atoms with van der Waals surface area (Å²) < 4.78 is 6.81. The SMILES string of the molecule is CC(=O)N1CCN(C(=O)[C@H](C)Oc2ccc(I)cc2)CC1. The number of piperazine rings is 1. The van der Waals surface area contributed by atoms with E-state index in [2.05, 4.69) is 22.6 Å². The lowest BCUT2D eigenvalue weighted by molar-refractivity contribution is -0.143. The van der Waals surface area contributed by atoms with Gasteiger partial charge in [-0.15, -0.1) is 0 Å². The van der Waals surface area contributed by atoms with Crippen LogP contribution in [0, 0.1) is 3.57 Å². The summed E-state index contributed by atoms with van der Waals surface area (Å²) in [5.74, 6) is 0.723. The van der Waals surface area contributed by atoms with Crippen molar-refractivity contribution < 1.29 is 14.3 Å². The highest BCUT2D eigenvalue weighted by atomic mass is 127. The van der Waals surface area contributed by atoms with E-state index in [4.69, 9.17) is 4.74 Å². The Labute approximate surface area is 138 Å². The van der Waals surface area contributed by atoms with Crippen molar-refractivity contribution in [3.63, 3.8) is 0 Å². The lowest BCUT2D eigenvalue weighted by Gasteiger charge is -2.35. The number of nitrogens with zero attached hydrogens (tertiary/aromatic N) is 2. The molecule has 0 N–H and O–H groups in total. The lowest BCUT2D eigenvalue weighted by atomic mass is 10.2. The van der Waals surface area contributed by atoms with Gasteiger partial charge in [-0.3, -0.25) is 9.59 Å². The van der Waals surface area contributed by atoms with E-state index in [0.29, 0.717) is 31.9 Å². The van der Waals surface area contributed by atoms with Gasteiger partial charge in [-0.2, -0.15) is 0 Å². The molecule has 0 aliphatic carbocycles. The first-order chi connectivity index (χ1) is 9.97. The summed E-state index contributed by atoms with van der Waals surface area (Å²) in [6.45, 7) is 5.64. The highest BCUT2D eigenvalue weighted by Crippen LogP contribution is 2.16. The summed E-state index contributed by atoms with van der Waals surface area (Å²) in [5, 5.41) is 0. The fourth-order valence-electron chi connectivity index (χ4n) is 2.27. The number of halogens is 1. The summed E-state index contributed by atoms with van der Waals surface area (Å²) in [5.41, 5.74) is 0. The molecule has 0 unspecified atom stereocenters. The number of hydrogen-bond donors (Lipinski definition) is 0. The fourth-order valence-corrected chi connectivity index (χ4v) is 2.63. The van der Waals surface area contributed by atoms with Gasteiger partial charge < -0.3 is 14.5 Å². The first kappa shape index (κ1) is 16.1. The molecular weight excluding hydrogens is 383 g/mol. The molecule has 1 saturated heterocycles. The monoisotopic (exact) mass is 402 g/mol. The molecule has 21 heavy (non-hydrogen) atoms. The Morgan fingerprint density at radius 1 is 1.10 bits per heavy atom. The molecular formula is C15H19IN2O3. The van der Waals surface area contributed by atoms with Gasteiger partial charge in [-0.25, -0.2) is 0 Å². The Morgan fingerprint density at radius 3 is 2.14 bits per heavy atom. The van der Waals surface area contributed by atoms with Crippen LogP contribution in [-0.4, -0.2) is 53.9 Å². The first-order valence-electron chi connectivity index (χ1n) is 6.94. The average molecular weight is 402 g/mol. The third-order valence-electron chi connectivity index (χ3n) is 3.51. The molecule has 0 aromatic heterocycles. The van der Waals surface area contributed by atoms with Crippen molar-refractivity contribution in [3.05, 3.63) is 27.8 Å². The smallest absolute Gasteiger partial charge is 0.263 e. The Bertz CT molecular complexity index is 510. The number of rotatable bonds is 3. The van der Waals surface area contributed by atoms with Crippen molar-refractivity contribution in [2.45, 2.75) is 20.0 Å². The summed E-state index contributed by atoms with van der Waals surface area (Å²) in [7, 11) is 0. The molecule has 114 valence electrons. The maximum absolute atomic E-state index is 12.3. The first-order valence-corrected chi connectivity index (χ1v) is 8.02. The molecule has 1 heterocycles. The van der Waals surface area contributed by atoms with Crippen LogP contribution in [0.2, 0.25) is 0 Å². The molecule has 5 nitrogen and oxygen atoms in total. The molecule has 2 amide bonds. The Hall–Kier alpha value is -1.31. The van der Waals surface area contributed by atoms with Gasteiger partial charge in [0.05, 0.1) is 0 Å². The van der Waals surface area contributed by atoms with Gasteiger partial charge in [0, 0.05) is 36.7 Å². The molecule has 0 spiro atoms. The number of hydrogen-bond acceptors (Lipinski definition) is 3. The molecule has 2 rings (SSSR count). The Morgan fingerprint density at radius 2 is 1.62 bits per heavy atom. The van der Waals surface area contributed by atoms with E-state index >= 15 is 0 Å². The van der Waals surface area contributed by atoms with E-state index in [1.165, 1.54) is 0 Å². The fraction of sp³-hybridized carbons (Fsp3) is 0.467. The van der Waals surface area contributed by atoms with Gasteiger partial charge in [0.25, 0.3) is 5.91 Å². The van der Waals surface area contributed by atoms with Gasteiger partial charge >= 0.3 is 0 Å². The Kier molecular flexibility index (Phi) is 5.44. The van der Waals surface area contributed by atoms with Crippen molar-refractivity contribution in [1.82, 2.24) is 9.80 Å². The quantitative estimate of drug-likeness (QED) is 0.725. The third-order valence-corrected chi connectivity index (χ3v) is 4.23. The van der Waals surface area contributed by atoms with Gasteiger partial charge in [0.1, 0.15) is 5.75 Å². The molecule has 1 aromatic rings. The number of carbonyl (C=O) groups is 2. The normalized spacial score (nSPS) is 16.5. The van der Waals surface area contributed by atoms with E-state index in [1.54, 1.807) is 23.6 Å². The second-order valence-electron chi connectivity index (χ2n) is 5.05. The zero-order valence-corrected chi connectivity index (χ0v) is 14.4. The predicted octanol–water partition coefficient (Wildman–Crippen LogP) is 1.75. The second kappa shape index (κ2) is 7.11. The summed E-state index contributed by atoms with van der Waals surface area (Å²) >= 11 is 2.22. The highest BCUT2D eigenvalue weighted by Gasteiger charge is 2.26. The number of carbonyl (C=O) groups excluding carboxylic acids is 2. The van der Waals surface area contributed by atoms with Gasteiger partial charge in [-0.05, 0) is 53.8 Å². The summed E-state index contributed by atoms with van der Waals surface area (Å²) in [4.78, 5) is 27.1. The van der Waals surface area contributed by atoms with Crippen LogP contribution < -0.4 is 4.74 Å². The van der Waals surface area contributed by atoms with Crippen molar-refractivity contribution in [3.8, 4) is 5.75 Å².